The van der Waals surface area contributed by atoms with Crippen LogP contribution < -0.4 is 9.46 Å². The van der Waals surface area contributed by atoms with Crippen LogP contribution in [0.4, 0.5) is 5.69 Å². The Labute approximate surface area is 154 Å². The number of benzene rings is 1. The summed E-state index contributed by atoms with van der Waals surface area (Å²) in [5, 5.41) is 12.6. The highest BCUT2D eigenvalue weighted by molar-refractivity contribution is 7.80. The van der Waals surface area contributed by atoms with Crippen molar-refractivity contribution in [2.45, 2.75) is 31.8 Å². The highest BCUT2D eigenvalue weighted by Crippen LogP contribution is 2.36. The summed E-state index contributed by atoms with van der Waals surface area (Å²) in [4.78, 5) is 0. The Morgan fingerprint density at radius 2 is 2.08 bits per heavy atom. The molecule has 3 rings (SSSR count). The molecule has 1 atom stereocenters. The molecule has 2 heterocycles. The molecule has 26 heavy (non-hydrogen) atoms. The molecule has 0 bridgehead atoms. The molecule has 8 nitrogen and oxygen atoms in total. The number of nitrogens with one attached hydrogen (secondary N) is 1. The van der Waals surface area contributed by atoms with Crippen LogP contribution in [0.5, 0.6) is 5.88 Å². The number of hydrogen-bond donors (Lipinski definition) is 1. The zero-order chi connectivity index (χ0) is 18.6. The summed E-state index contributed by atoms with van der Waals surface area (Å²) in [6.07, 6.45) is 7.33. The third-order valence-corrected chi connectivity index (χ3v) is 4.32. The number of terminal acetylenes is 1. The van der Waals surface area contributed by atoms with Crippen molar-refractivity contribution in [1.29, 1.82) is 0 Å². The van der Waals surface area contributed by atoms with Crippen molar-refractivity contribution < 1.29 is 13.5 Å². The van der Waals surface area contributed by atoms with Gasteiger partial charge < -0.3 is 14.0 Å². The fourth-order valence-corrected chi connectivity index (χ4v) is 2.85. The van der Waals surface area contributed by atoms with Crippen molar-refractivity contribution in [3.63, 3.8) is 0 Å². The molecule has 0 spiro atoms. The van der Waals surface area contributed by atoms with Gasteiger partial charge in [-0.05, 0) is 31.2 Å². The molecular formula is C17H18N5O3S-. The van der Waals surface area contributed by atoms with Crippen molar-refractivity contribution in [2.24, 2.45) is 10.2 Å². The molecule has 9 heteroatoms. The normalized spacial score (nSPS) is 15.3. The third-order valence-electron chi connectivity index (χ3n) is 3.92. The SMILES string of the molecule is C#CCCC1(CCOc2cc(C)nn2-c2ccc(NS(=O)[O-])cc2)N=N1. The average molecular weight is 372 g/mol. The van der Waals surface area contributed by atoms with E-state index < -0.39 is 11.3 Å². The van der Waals surface area contributed by atoms with E-state index in [9.17, 15) is 8.76 Å². The second-order valence-electron chi connectivity index (χ2n) is 5.90. The molecule has 2 aromatic rings. The van der Waals surface area contributed by atoms with E-state index in [4.69, 9.17) is 11.2 Å². The number of anilines is 1. The summed E-state index contributed by atoms with van der Waals surface area (Å²) in [5.41, 5.74) is 1.66. The number of ether oxygens (including phenoxy) is 1. The summed E-state index contributed by atoms with van der Waals surface area (Å²) >= 11 is -2.35. The van der Waals surface area contributed by atoms with Crippen LogP contribution in [0.25, 0.3) is 5.69 Å². The van der Waals surface area contributed by atoms with Crippen molar-refractivity contribution in [3.8, 4) is 23.9 Å². The van der Waals surface area contributed by atoms with Gasteiger partial charge in [-0.25, -0.2) is 4.68 Å². The first-order chi connectivity index (χ1) is 12.5. The maximum Gasteiger partial charge on any atom is 0.216 e. The van der Waals surface area contributed by atoms with Crippen molar-refractivity contribution in [3.05, 3.63) is 36.0 Å². The lowest BCUT2D eigenvalue weighted by atomic mass is 10.1. The van der Waals surface area contributed by atoms with Gasteiger partial charge in [-0.2, -0.15) is 15.3 Å². The molecule has 1 unspecified atom stereocenters. The van der Waals surface area contributed by atoms with Gasteiger partial charge in [0.25, 0.3) is 0 Å². The first-order valence-corrected chi connectivity index (χ1v) is 9.12. The molecule has 1 N–H and O–H groups in total. The van der Waals surface area contributed by atoms with Crippen LogP contribution in [0.1, 0.15) is 25.0 Å². The lowest BCUT2D eigenvalue weighted by Crippen LogP contribution is -2.16. The molecular weight excluding hydrogens is 354 g/mol. The molecule has 136 valence electrons. The van der Waals surface area contributed by atoms with Crippen molar-refractivity contribution >= 4 is 17.0 Å². The van der Waals surface area contributed by atoms with E-state index in [1.54, 1.807) is 28.9 Å². The summed E-state index contributed by atoms with van der Waals surface area (Å²) in [6, 6.07) is 8.67. The minimum atomic E-state index is -2.35. The maximum atomic E-state index is 10.7. The summed E-state index contributed by atoms with van der Waals surface area (Å²) in [6.45, 7) is 2.32. The molecule has 0 fully saturated rings. The molecule has 0 radical (unpaired) electrons. The first kappa shape index (κ1) is 18.1. The van der Waals surface area contributed by atoms with Gasteiger partial charge in [0, 0.05) is 42.3 Å². The Hall–Kier alpha value is -2.70. The van der Waals surface area contributed by atoms with Gasteiger partial charge in [0.2, 0.25) is 5.88 Å². The van der Waals surface area contributed by atoms with Gasteiger partial charge in [-0.3, -0.25) is 4.21 Å². The van der Waals surface area contributed by atoms with Gasteiger partial charge in [0.15, 0.2) is 5.66 Å². The fraction of sp³-hybridized carbons (Fsp3) is 0.353. The summed E-state index contributed by atoms with van der Waals surface area (Å²) in [5.74, 6) is 3.20. The van der Waals surface area contributed by atoms with Crippen LogP contribution in [0, 0.1) is 19.3 Å². The van der Waals surface area contributed by atoms with E-state index in [-0.39, 0.29) is 5.66 Å². The highest BCUT2D eigenvalue weighted by atomic mass is 32.2. The number of aryl methyl sites for hydroxylation is 1. The minimum Gasteiger partial charge on any atom is -0.755 e. The molecule has 0 saturated carbocycles. The lowest BCUT2D eigenvalue weighted by Gasteiger charge is -2.13. The van der Waals surface area contributed by atoms with Gasteiger partial charge >= 0.3 is 0 Å². The summed E-state index contributed by atoms with van der Waals surface area (Å²) < 4.78 is 31.2. The maximum absolute atomic E-state index is 10.7. The van der Waals surface area contributed by atoms with Crippen molar-refractivity contribution in [2.75, 3.05) is 11.3 Å². The van der Waals surface area contributed by atoms with Gasteiger partial charge in [-0.1, -0.05) is 0 Å². The van der Waals surface area contributed by atoms with Crippen LogP contribution in [0.3, 0.4) is 0 Å². The average Bonchev–Trinajstić information content (AvgIpc) is 3.28. The number of hydrogen-bond acceptors (Lipinski definition) is 6. The third kappa shape index (κ3) is 4.47. The van der Waals surface area contributed by atoms with Gasteiger partial charge in [-0.15, -0.1) is 12.3 Å². The van der Waals surface area contributed by atoms with Crippen LogP contribution in [-0.2, 0) is 11.3 Å². The lowest BCUT2D eigenvalue weighted by molar-refractivity contribution is 0.267. The Morgan fingerprint density at radius 3 is 2.69 bits per heavy atom. The number of rotatable bonds is 9. The van der Waals surface area contributed by atoms with E-state index in [1.807, 2.05) is 13.0 Å². The van der Waals surface area contributed by atoms with Gasteiger partial charge in [0.05, 0.1) is 18.0 Å². The largest absolute Gasteiger partial charge is 0.755 e. The van der Waals surface area contributed by atoms with E-state index in [0.29, 0.717) is 31.0 Å². The standard InChI is InChI=1S/C17H19N5O3S/c1-3-4-9-17(20-21-17)10-11-25-16-12-13(2)18-22(16)15-7-5-14(6-8-15)19-26(23)24/h1,5-8,12,19H,4,9-11H2,2H3,(H,23,24)/p-1. The first-order valence-electron chi connectivity index (χ1n) is 8.05. The molecule has 0 amide bonds. The predicted molar refractivity (Wildman–Crippen MR) is 96.6 cm³/mol. The van der Waals surface area contributed by atoms with E-state index in [1.165, 1.54) is 0 Å². The second-order valence-corrected chi connectivity index (χ2v) is 6.58. The van der Waals surface area contributed by atoms with Crippen molar-refractivity contribution in [1.82, 2.24) is 9.78 Å². The van der Waals surface area contributed by atoms with E-state index in [2.05, 4.69) is 26.0 Å². The van der Waals surface area contributed by atoms with E-state index >= 15 is 0 Å². The molecule has 1 aliphatic heterocycles. The Bertz CT molecular complexity index is 864. The van der Waals surface area contributed by atoms with Crippen LogP contribution in [0.15, 0.2) is 40.6 Å². The quantitative estimate of drug-likeness (QED) is 0.540. The number of nitrogens with zero attached hydrogens (tertiary/aromatic N) is 4. The monoisotopic (exact) mass is 372 g/mol. The Balaban J connectivity index is 1.65. The molecule has 1 aromatic carbocycles. The van der Waals surface area contributed by atoms with Crippen LogP contribution >= 0.6 is 0 Å². The minimum absolute atomic E-state index is 0.381. The topological polar surface area (TPSA) is 104 Å². The van der Waals surface area contributed by atoms with Gasteiger partial charge in [0.1, 0.15) is 0 Å². The van der Waals surface area contributed by atoms with E-state index in [0.717, 1.165) is 17.8 Å². The smallest absolute Gasteiger partial charge is 0.216 e. The van der Waals surface area contributed by atoms with Crippen LogP contribution in [0.2, 0.25) is 0 Å². The fourth-order valence-electron chi connectivity index (χ4n) is 2.52. The Morgan fingerprint density at radius 1 is 1.35 bits per heavy atom. The molecule has 0 aliphatic carbocycles. The molecule has 0 saturated heterocycles. The zero-order valence-corrected chi connectivity index (χ0v) is 15.0. The number of aromatic nitrogens is 2. The highest BCUT2D eigenvalue weighted by Gasteiger charge is 2.39. The molecule has 1 aromatic heterocycles. The zero-order valence-electron chi connectivity index (χ0n) is 14.2. The summed E-state index contributed by atoms with van der Waals surface area (Å²) in [7, 11) is 0. The molecule has 1 aliphatic rings. The second kappa shape index (κ2) is 7.68. The van der Waals surface area contributed by atoms with Crippen LogP contribution in [-0.4, -0.2) is 30.8 Å². The predicted octanol–water partition coefficient (Wildman–Crippen LogP) is 2.73. The Kier molecular flexibility index (Phi) is 5.35.